The SMILES string of the molecule is COc1ccc(OCc2ccc(C(=O)N3NC=C[C@]3(O)C(F)(F)F)o2)cc1. The minimum absolute atomic E-state index is 0.0416. The maximum Gasteiger partial charge on any atom is 0.442 e. The van der Waals surface area contributed by atoms with Crippen LogP contribution in [0, 0.1) is 0 Å². The molecule has 1 aliphatic rings. The normalized spacial score (nSPS) is 19.1. The van der Waals surface area contributed by atoms with Gasteiger partial charge in [-0.2, -0.15) is 13.2 Å². The highest BCUT2D eigenvalue weighted by Crippen LogP contribution is 2.36. The van der Waals surface area contributed by atoms with Crippen LogP contribution in [0.5, 0.6) is 11.5 Å². The number of alkyl halides is 3. The van der Waals surface area contributed by atoms with E-state index < -0.39 is 17.8 Å². The Morgan fingerprint density at radius 3 is 2.52 bits per heavy atom. The molecule has 0 bridgehead atoms. The molecule has 0 saturated carbocycles. The van der Waals surface area contributed by atoms with Crippen LogP contribution < -0.4 is 14.9 Å². The summed E-state index contributed by atoms with van der Waals surface area (Å²) in [4.78, 5) is 12.3. The number of nitrogens with one attached hydrogen (secondary N) is 1. The molecule has 2 heterocycles. The second kappa shape index (κ2) is 6.88. The standard InChI is InChI=1S/C17H15F3N2O5/c1-25-11-2-4-12(5-3-11)26-10-13-6-7-14(27-13)15(23)22-16(24,8-9-21-22)17(18,19)20/h2-9,21,24H,10H2,1H3/t16-/m0/s1. The summed E-state index contributed by atoms with van der Waals surface area (Å²) < 4.78 is 54.9. The smallest absolute Gasteiger partial charge is 0.442 e. The molecular weight excluding hydrogens is 369 g/mol. The molecular formula is C17H15F3N2O5. The summed E-state index contributed by atoms with van der Waals surface area (Å²) in [6, 6.07) is 9.31. The van der Waals surface area contributed by atoms with E-state index in [1.54, 1.807) is 24.3 Å². The number of methoxy groups -OCH3 is 1. The van der Waals surface area contributed by atoms with E-state index in [0.717, 1.165) is 6.20 Å². The second-order valence-electron chi connectivity index (χ2n) is 5.56. The molecule has 0 spiro atoms. The molecule has 1 amide bonds. The summed E-state index contributed by atoms with van der Waals surface area (Å²) in [6.45, 7) is -0.0468. The van der Waals surface area contributed by atoms with Crippen molar-refractivity contribution < 1.29 is 37.0 Å². The molecule has 27 heavy (non-hydrogen) atoms. The third-order valence-corrected chi connectivity index (χ3v) is 3.79. The fourth-order valence-electron chi connectivity index (χ4n) is 2.34. The van der Waals surface area contributed by atoms with E-state index in [0.29, 0.717) is 17.6 Å². The average Bonchev–Trinajstić information content (AvgIpc) is 3.27. The number of amides is 1. The first-order chi connectivity index (χ1) is 12.7. The number of carbonyl (C=O) groups is 1. The maximum atomic E-state index is 13.0. The van der Waals surface area contributed by atoms with Crippen LogP contribution in [0.2, 0.25) is 0 Å². The third-order valence-electron chi connectivity index (χ3n) is 3.79. The van der Waals surface area contributed by atoms with Gasteiger partial charge in [-0.25, -0.2) is 5.01 Å². The Morgan fingerprint density at radius 2 is 1.89 bits per heavy atom. The number of aliphatic hydroxyl groups is 1. The predicted octanol–water partition coefficient (Wildman–Crippen LogP) is 2.59. The van der Waals surface area contributed by atoms with Gasteiger partial charge in [0.2, 0.25) is 0 Å². The molecule has 1 aliphatic heterocycles. The minimum Gasteiger partial charge on any atom is -0.497 e. The van der Waals surface area contributed by atoms with Gasteiger partial charge in [0.25, 0.3) is 5.72 Å². The predicted molar refractivity (Wildman–Crippen MR) is 85.5 cm³/mol. The van der Waals surface area contributed by atoms with E-state index >= 15 is 0 Å². The van der Waals surface area contributed by atoms with Crippen molar-refractivity contribution in [1.29, 1.82) is 0 Å². The van der Waals surface area contributed by atoms with Crippen LogP contribution >= 0.6 is 0 Å². The Labute approximate surface area is 151 Å². The topological polar surface area (TPSA) is 84.2 Å². The summed E-state index contributed by atoms with van der Waals surface area (Å²) >= 11 is 0. The van der Waals surface area contributed by atoms with Crippen molar-refractivity contribution in [1.82, 2.24) is 10.4 Å². The van der Waals surface area contributed by atoms with Gasteiger partial charge in [0.1, 0.15) is 23.9 Å². The number of nitrogens with zero attached hydrogens (tertiary/aromatic N) is 1. The highest BCUT2D eigenvalue weighted by Gasteiger charge is 2.60. The number of hydrogen-bond acceptors (Lipinski definition) is 6. The fourth-order valence-corrected chi connectivity index (χ4v) is 2.34. The lowest BCUT2D eigenvalue weighted by atomic mass is 10.2. The van der Waals surface area contributed by atoms with Crippen LogP contribution in [0.15, 0.2) is 53.1 Å². The van der Waals surface area contributed by atoms with Gasteiger partial charge >= 0.3 is 12.1 Å². The summed E-state index contributed by atoms with van der Waals surface area (Å²) in [5, 5.41) is 9.82. The van der Waals surface area contributed by atoms with Gasteiger partial charge in [0, 0.05) is 6.20 Å². The summed E-state index contributed by atoms with van der Waals surface area (Å²) in [5.74, 6) is -0.191. The zero-order chi connectivity index (χ0) is 19.7. The molecule has 1 atom stereocenters. The first-order valence-corrected chi connectivity index (χ1v) is 7.68. The molecule has 0 aliphatic carbocycles. The number of carbonyl (C=O) groups excluding carboxylic acids is 1. The first kappa shape index (κ1) is 18.6. The van der Waals surface area contributed by atoms with Crippen LogP contribution in [0.25, 0.3) is 0 Å². The number of benzene rings is 1. The average molecular weight is 384 g/mol. The van der Waals surface area contributed by atoms with Crippen molar-refractivity contribution in [2.75, 3.05) is 7.11 Å². The Balaban J connectivity index is 1.67. The molecule has 0 unspecified atom stereocenters. The zero-order valence-corrected chi connectivity index (χ0v) is 14.0. The number of furan rings is 1. The number of hydrazine groups is 1. The molecule has 0 saturated heterocycles. The van der Waals surface area contributed by atoms with Gasteiger partial charge in [-0.3, -0.25) is 10.2 Å². The van der Waals surface area contributed by atoms with Gasteiger partial charge in [0.15, 0.2) is 5.76 Å². The van der Waals surface area contributed by atoms with Crippen molar-refractivity contribution >= 4 is 5.91 Å². The van der Waals surface area contributed by atoms with Crippen LogP contribution in [-0.2, 0) is 6.61 Å². The molecule has 1 aromatic heterocycles. The molecule has 7 nitrogen and oxygen atoms in total. The Kier molecular flexibility index (Phi) is 4.75. The van der Waals surface area contributed by atoms with Crippen LogP contribution in [0.1, 0.15) is 16.3 Å². The van der Waals surface area contributed by atoms with E-state index in [1.807, 2.05) is 0 Å². The van der Waals surface area contributed by atoms with E-state index in [1.165, 1.54) is 19.2 Å². The first-order valence-electron chi connectivity index (χ1n) is 7.68. The lowest BCUT2D eigenvalue weighted by molar-refractivity contribution is -0.283. The zero-order valence-electron chi connectivity index (χ0n) is 14.0. The van der Waals surface area contributed by atoms with Gasteiger partial charge in [-0.1, -0.05) is 0 Å². The van der Waals surface area contributed by atoms with Crippen molar-refractivity contribution in [2.45, 2.75) is 18.5 Å². The van der Waals surface area contributed by atoms with Crippen LogP contribution in [0.4, 0.5) is 13.2 Å². The van der Waals surface area contributed by atoms with Gasteiger partial charge in [0.05, 0.1) is 7.11 Å². The largest absolute Gasteiger partial charge is 0.497 e. The van der Waals surface area contributed by atoms with Gasteiger partial charge in [-0.15, -0.1) is 0 Å². The van der Waals surface area contributed by atoms with Gasteiger partial charge in [-0.05, 0) is 42.5 Å². The molecule has 1 aromatic carbocycles. The molecule has 0 fully saturated rings. The lowest BCUT2D eigenvalue weighted by Crippen LogP contribution is -2.60. The molecule has 2 aromatic rings. The van der Waals surface area contributed by atoms with E-state index in [9.17, 15) is 23.1 Å². The van der Waals surface area contributed by atoms with Crippen LogP contribution in [0.3, 0.4) is 0 Å². The minimum atomic E-state index is -5.09. The van der Waals surface area contributed by atoms with E-state index in [-0.39, 0.29) is 23.1 Å². The van der Waals surface area contributed by atoms with Crippen LogP contribution in [-0.4, -0.2) is 35.0 Å². The summed E-state index contributed by atoms with van der Waals surface area (Å²) in [7, 11) is 1.53. The maximum absolute atomic E-state index is 13.0. The van der Waals surface area contributed by atoms with Crippen molar-refractivity contribution in [3.63, 3.8) is 0 Å². The highest BCUT2D eigenvalue weighted by atomic mass is 19.4. The quantitative estimate of drug-likeness (QED) is 0.825. The molecule has 0 radical (unpaired) electrons. The third kappa shape index (κ3) is 3.56. The molecule has 2 N–H and O–H groups in total. The summed E-state index contributed by atoms with van der Waals surface area (Å²) in [5.41, 5.74) is -1.40. The molecule has 10 heteroatoms. The number of hydrogen-bond donors (Lipinski definition) is 2. The fraction of sp³-hybridized carbons (Fsp3) is 0.235. The Hall–Kier alpha value is -3.14. The second-order valence-corrected chi connectivity index (χ2v) is 5.56. The highest BCUT2D eigenvalue weighted by molar-refractivity contribution is 5.92. The van der Waals surface area contributed by atoms with E-state index in [4.69, 9.17) is 13.9 Å². The van der Waals surface area contributed by atoms with E-state index in [2.05, 4.69) is 5.43 Å². The molecule has 3 rings (SSSR count). The van der Waals surface area contributed by atoms with Crippen molar-refractivity contribution in [3.8, 4) is 11.5 Å². The van der Waals surface area contributed by atoms with Gasteiger partial charge < -0.3 is 19.0 Å². The Morgan fingerprint density at radius 1 is 1.22 bits per heavy atom. The summed E-state index contributed by atoms with van der Waals surface area (Å²) in [6.07, 6.45) is -3.83. The van der Waals surface area contributed by atoms with Crippen molar-refractivity contribution in [2.24, 2.45) is 0 Å². The number of rotatable bonds is 5. The molecule has 144 valence electrons. The lowest BCUT2D eigenvalue weighted by Gasteiger charge is -2.32. The van der Waals surface area contributed by atoms with Crippen molar-refractivity contribution in [3.05, 3.63) is 60.2 Å². The number of halogens is 3. The number of ether oxygens (including phenoxy) is 2. The monoisotopic (exact) mass is 384 g/mol. The Bertz CT molecular complexity index is 847.